The van der Waals surface area contributed by atoms with Crippen LogP contribution in [0.4, 0.5) is 8.78 Å². The lowest BCUT2D eigenvalue weighted by molar-refractivity contribution is 0.129. The van der Waals surface area contributed by atoms with Gasteiger partial charge in [-0.2, -0.15) is 0 Å². The normalized spacial score (nSPS) is 19.2. The number of likely N-dealkylation sites (tertiary alicyclic amines) is 1. The lowest BCUT2D eigenvalue weighted by atomic mass is 9.91. The van der Waals surface area contributed by atoms with Crippen molar-refractivity contribution in [2.75, 3.05) is 19.6 Å². The van der Waals surface area contributed by atoms with Crippen LogP contribution in [0.2, 0.25) is 0 Å². The van der Waals surface area contributed by atoms with E-state index in [-0.39, 0.29) is 11.9 Å². The first-order valence-corrected chi connectivity index (χ1v) is 7.54. The fourth-order valence-electron chi connectivity index (χ4n) is 3.20. The molecular weight excluding hydrogens is 258 g/mol. The van der Waals surface area contributed by atoms with Crippen molar-refractivity contribution < 1.29 is 8.78 Å². The van der Waals surface area contributed by atoms with Crippen molar-refractivity contribution in [3.8, 4) is 0 Å². The summed E-state index contributed by atoms with van der Waals surface area (Å²) in [6.45, 7) is 4.36. The SMILES string of the molecule is CCCC1CCN(C(CN)c2cc(F)ccc2F)CC1. The molecule has 1 fully saturated rings. The molecule has 1 aliphatic rings. The van der Waals surface area contributed by atoms with Gasteiger partial charge >= 0.3 is 0 Å². The first-order chi connectivity index (χ1) is 9.65. The Morgan fingerprint density at radius 3 is 2.60 bits per heavy atom. The molecule has 2 rings (SSSR count). The number of nitrogens with two attached hydrogens (primary N) is 1. The Bertz CT molecular complexity index is 428. The summed E-state index contributed by atoms with van der Waals surface area (Å²) in [5.74, 6) is 0.00489. The molecule has 0 aliphatic carbocycles. The molecule has 1 saturated heterocycles. The van der Waals surface area contributed by atoms with E-state index in [1.54, 1.807) is 0 Å². The zero-order valence-electron chi connectivity index (χ0n) is 12.1. The predicted molar refractivity (Wildman–Crippen MR) is 77.4 cm³/mol. The van der Waals surface area contributed by atoms with Gasteiger partial charge in [-0.15, -0.1) is 0 Å². The molecule has 1 heterocycles. The molecule has 1 aromatic carbocycles. The van der Waals surface area contributed by atoms with Gasteiger partial charge in [-0.1, -0.05) is 19.8 Å². The van der Waals surface area contributed by atoms with Crippen LogP contribution in [0.3, 0.4) is 0 Å². The second-order valence-corrected chi connectivity index (χ2v) is 5.69. The first-order valence-electron chi connectivity index (χ1n) is 7.54. The molecule has 2 N–H and O–H groups in total. The Hall–Kier alpha value is -1.00. The Labute approximate surface area is 120 Å². The van der Waals surface area contributed by atoms with Crippen molar-refractivity contribution in [1.82, 2.24) is 4.90 Å². The van der Waals surface area contributed by atoms with Gasteiger partial charge in [0.05, 0.1) is 0 Å². The number of benzene rings is 1. The summed E-state index contributed by atoms with van der Waals surface area (Å²) in [6, 6.07) is 3.41. The zero-order chi connectivity index (χ0) is 14.5. The smallest absolute Gasteiger partial charge is 0.128 e. The molecular formula is C16H24F2N2. The maximum Gasteiger partial charge on any atom is 0.128 e. The number of rotatable bonds is 5. The number of nitrogens with zero attached hydrogens (tertiary/aromatic N) is 1. The number of hydrogen-bond donors (Lipinski definition) is 1. The number of halogens is 2. The molecule has 0 bridgehead atoms. The monoisotopic (exact) mass is 282 g/mol. The maximum absolute atomic E-state index is 13.9. The van der Waals surface area contributed by atoms with Crippen molar-refractivity contribution in [2.24, 2.45) is 11.7 Å². The molecule has 0 saturated carbocycles. The van der Waals surface area contributed by atoms with Crippen molar-refractivity contribution >= 4 is 0 Å². The first kappa shape index (κ1) is 15.4. The van der Waals surface area contributed by atoms with Gasteiger partial charge in [0, 0.05) is 18.2 Å². The lowest BCUT2D eigenvalue weighted by Crippen LogP contribution is -2.40. The Morgan fingerprint density at radius 2 is 2.00 bits per heavy atom. The predicted octanol–water partition coefficient (Wildman–Crippen LogP) is 3.48. The third-order valence-electron chi connectivity index (χ3n) is 4.33. The van der Waals surface area contributed by atoms with E-state index in [9.17, 15) is 8.78 Å². The summed E-state index contributed by atoms with van der Waals surface area (Å²) in [4.78, 5) is 2.20. The number of hydrogen-bond acceptors (Lipinski definition) is 2. The molecule has 1 aromatic rings. The van der Waals surface area contributed by atoms with Crippen LogP contribution < -0.4 is 5.73 Å². The van der Waals surface area contributed by atoms with Crippen molar-refractivity contribution in [3.05, 3.63) is 35.4 Å². The summed E-state index contributed by atoms with van der Waals surface area (Å²) < 4.78 is 27.3. The highest BCUT2D eigenvalue weighted by Gasteiger charge is 2.26. The van der Waals surface area contributed by atoms with Crippen LogP contribution in [0.25, 0.3) is 0 Å². The molecule has 112 valence electrons. The summed E-state index contributed by atoms with van der Waals surface area (Å²) in [5.41, 5.74) is 6.21. The Morgan fingerprint density at radius 1 is 1.30 bits per heavy atom. The molecule has 4 heteroatoms. The topological polar surface area (TPSA) is 29.3 Å². The Kier molecular flexibility index (Phi) is 5.49. The highest BCUT2D eigenvalue weighted by Crippen LogP contribution is 2.29. The summed E-state index contributed by atoms with van der Waals surface area (Å²) >= 11 is 0. The minimum absolute atomic E-state index is 0.215. The summed E-state index contributed by atoms with van der Waals surface area (Å²) in [5, 5.41) is 0. The molecule has 0 radical (unpaired) electrons. The molecule has 1 atom stereocenters. The molecule has 2 nitrogen and oxygen atoms in total. The summed E-state index contributed by atoms with van der Waals surface area (Å²) in [6.07, 6.45) is 4.72. The third-order valence-corrected chi connectivity index (χ3v) is 4.33. The molecule has 0 spiro atoms. The van der Waals surface area contributed by atoms with Gasteiger partial charge in [0.15, 0.2) is 0 Å². The summed E-state index contributed by atoms with van der Waals surface area (Å²) in [7, 11) is 0. The number of piperidine rings is 1. The highest BCUT2D eigenvalue weighted by atomic mass is 19.1. The second-order valence-electron chi connectivity index (χ2n) is 5.69. The van der Waals surface area contributed by atoms with Crippen LogP contribution in [0.15, 0.2) is 18.2 Å². The van der Waals surface area contributed by atoms with E-state index in [0.29, 0.717) is 12.1 Å². The minimum Gasteiger partial charge on any atom is -0.329 e. The van der Waals surface area contributed by atoms with E-state index in [1.807, 2.05) is 0 Å². The fourth-order valence-corrected chi connectivity index (χ4v) is 3.20. The van der Waals surface area contributed by atoms with Crippen molar-refractivity contribution in [3.63, 3.8) is 0 Å². The van der Waals surface area contributed by atoms with E-state index in [2.05, 4.69) is 11.8 Å². The van der Waals surface area contributed by atoms with Gasteiger partial charge in [-0.3, -0.25) is 4.90 Å². The third kappa shape index (κ3) is 3.55. The zero-order valence-corrected chi connectivity index (χ0v) is 12.1. The minimum atomic E-state index is -0.402. The van der Waals surface area contributed by atoms with Crippen LogP contribution in [-0.4, -0.2) is 24.5 Å². The lowest BCUT2D eigenvalue weighted by Gasteiger charge is -2.37. The van der Waals surface area contributed by atoms with E-state index in [4.69, 9.17) is 5.73 Å². The van der Waals surface area contributed by atoms with Crippen LogP contribution in [0, 0.1) is 17.6 Å². The van der Waals surface area contributed by atoms with Crippen molar-refractivity contribution in [2.45, 2.75) is 38.6 Å². The van der Waals surface area contributed by atoms with E-state index < -0.39 is 5.82 Å². The van der Waals surface area contributed by atoms with Gasteiger partial charge in [0.1, 0.15) is 11.6 Å². The highest BCUT2D eigenvalue weighted by molar-refractivity contribution is 5.23. The van der Waals surface area contributed by atoms with Gasteiger partial charge in [0.25, 0.3) is 0 Å². The van der Waals surface area contributed by atoms with Crippen molar-refractivity contribution in [1.29, 1.82) is 0 Å². The van der Waals surface area contributed by atoms with Gasteiger partial charge in [-0.25, -0.2) is 8.78 Å². The maximum atomic E-state index is 13.9. The van der Waals surface area contributed by atoms with Gasteiger partial charge in [0.2, 0.25) is 0 Å². The van der Waals surface area contributed by atoms with E-state index in [1.165, 1.54) is 25.0 Å². The largest absolute Gasteiger partial charge is 0.329 e. The van der Waals surface area contributed by atoms with Crippen LogP contribution in [-0.2, 0) is 0 Å². The molecule has 0 amide bonds. The van der Waals surface area contributed by atoms with Crippen LogP contribution >= 0.6 is 0 Å². The van der Waals surface area contributed by atoms with E-state index in [0.717, 1.165) is 37.9 Å². The van der Waals surface area contributed by atoms with Gasteiger partial charge in [-0.05, 0) is 50.0 Å². The quantitative estimate of drug-likeness (QED) is 0.896. The fraction of sp³-hybridized carbons (Fsp3) is 0.625. The molecule has 20 heavy (non-hydrogen) atoms. The average molecular weight is 282 g/mol. The Balaban J connectivity index is 2.07. The average Bonchev–Trinajstić information content (AvgIpc) is 2.45. The molecule has 1 aliphatic heterocycles. The molecule has 0 aromatic heterocycles. The van der Waals surface area contributed by atoms with Crippen LogP contribution in [0.5, 0.6) is 0 Å². The van der Waals surface area contributed by atoms with E-state index >= 15 is 0 Å². The molecule has 1 unspecified atom stereocenters. The standard InChI is InChI=1S/C16H24F2N2/c1-2-3-12-6-8-20(9-7-12)16(11-19)14-10-13(17)4-5-15(14)18/h4-5,10,12,16H,2-3,6-9,11,19H2,1H3. The van der Waals surface area contributed by atoms with Gasteiger partial charge < -0.3 is 5.73 Å². The second kappa shape index (κ2) is 7.14. The van der Waals surface area contributed by atoms with Crippen LogP contribution in [0.1, 0.15) is 44.2 Å².